The fourth-order valence-electron chi connectivity index (χ4n) is 5.90. The van der Waals surface area contributed by atoms with Crippen LogP contribution in [-0.4, -0.2) is 12.9 Å². The van der Waals surface area contributed by atoms with Crippen LogP contribution < -0.4 is 4.90 Å². The van der Waals surface area contributed by atoms with Crippen molar-refractivity contribution < 1.29 is 23.3 Å². The van der Waals surface area contributed by atoms with Crippen molar-refractivity contribution in [3.8, 4) is 11.1 Å². The van der Waals surface area contributed by atoms with Crippen LogP contribution in [0.1, 0.15) is 31.9 Å². The van der Waals surface area contributed by atoms with Gasteiger partial charge in [-0.25, -0.2) is 0 Å². The maximum atomic E-state index is 3.53. The van der Waals surface area contributed by atoms with Gasteiger partial charge in [-0.05, 0) is 41.3 Å². The first-order chi connectivity index (χ1) is 19.9. The molecule has 0 saturated heterocycles. The Morgan fingerprint density at radius 2 is 1.47 bits per heavy atom. The molecule has 3 heteroatoms. The molecule has 1 atom stereocenters. The molecule has 43 heavy (non-hydrogen) atoms. The van der Waals surface area contributed by atoms with Crippen LogP contribution in [0.5, 0.6) is 0 Å². The number of rotatable bonds is 3. The molecule has 0 amide bonds. The van der Waals surface area contributed by atoms with Gasteiger partial charge in [-0.1, -0.05) is 106 Å². The van der Waals surface area contributed by atoms with Crippen LogP contribution in [0.2, 0.25) is 0 Å². The fourth-order valence-corrected chi connectivity index (χ4v) is 5.90. The number of anilines is 1. The molecular formula is C40H41NSiZr-4. The molecule has 0 N–H and O–H groups in total. The predicted molar refractivity (Wildman–Crippen MR) is 187 cm³/mol. The Morgan fingerprint density at radius 3 is 2.19 bits per heavy atom. The summed E-state index contributed by atoms with van der Waals surface area (Å²) in [6.07, 6.45) is 8.11. The Balaban J connectivity index is 0.000000215. The van der Waals surface area contributed by atoms with Crippen LogP contribution in [-0.2, 0) is 23.3 Å². The zero-order chi connectivity index (χ0) is 29.1. The van der Waals surface area contributed by atoms with E-state index in [1.54, 1.807) is 0 Å². The number of aryl methyl sites for hydroxylation is 2. The van der Waals surface area contributed by atoms with E-state index in [0.717, 1.165) is 0 Å². The Kier molecular flexibility index (Phi) is 12.0. The van der Waals surface area contributed by atoms with Gasteiger partial charge in [0.2, 0.25) is 0 Å². The van der Waals surface area contributed by atoms with Gasteiger partial charge in [-0.2, -0.15) is 6.07 Å². The summed E-state index contributed by atoms with van der Waals surface area (Å²) in [6.45, 7) is 14.1. The molecule has 1 heterocycles. The minimum absolute atomic E-state index is 0. The van der Waals surface area contributed by atoms with Gasteiger partial charge in [0.05, 0.1) is 0 Å². The van der Waals surface area contributed by atoms with Crippen molar-refractivity contribution in [3.05, 3.63) is 158 Å². The SMILES string of the molecule is CC(C)C1=[C-]C2=CC(C)N(c3ccccc3)C2=C1.Cc1cc2c(-c3cccc4ccccc34)ccc(C)c2[cH-]1.[CH3-].[CH3-].[Si]=[Zr]. The molecule has 7 rings (SSSR count). The van der Waals surface area contributed by atoms with Gasteiger partial charge in [0.25, 0.3) is 0 Å². The summed E-state index contributed by atoms with van der Waals surface area (Å²) in [5.74, 6) is 0.539. The molecule has 5 aromatic carbocycles. The van der Waals surface area contributed by atoms with Gasteiger partial charge in [-0.3, -0.25) is 0 Å². The molecule has 218 valence electrons. The summed E-state index contributed by atoms with van der Waals surface area (Å²) >= 11 is 1.36. The van der Waals surface area contributed by atoms with Gasteiger partial charge < -0.3 is 19.8 Å². The molecule has 0 spiro atoms. The van der Waals surface area contributed by atoms with Crippen molar-refractivity contribution in [2.45, 2.75) is 40.7 Å². The fraction of sp³-hybridized carbons (Fsp3) is 0.175. The third-order valence-electron chi connectivity index (χ3n) is 7.91. The number of hydrogen-bond donors (Lipinski definition) is 0. The standard InChI is InChI=1S/C21H17.C17H18N.2CH3.Si.Zr/c1-14-12-20-15(2)10-11-19(21(20)13-14)18-9-5-7-16-6-3-4-8-17(16)18;1-12(2)14-10-15-9-13(3)18(17(15)11-14)16-7-5-4-6-8-16;;;;/h3-13H,1-2H3;4-9,11-13H,1-3H3;2*1H3;;/q4*-1;;. The van der Waals surface area contributed by atoms with E-state index < -0.39 is 0 Å². The number of benzene rings is 4. The van der Waals surface area contributed by atoms with E-state index in [4.69, 9.17) is 0 Å². The normalized spacial score (nSPS) is 14.8. The van der Waals surface area contributed by atoms with Crippen LogP contribution in [0.4, 0.5) is 5.69 Å². The molecule has 0 bridgehead atoms. The molecule has 0 aromatic heterocycles. The molecular weight excluding hydrogens is 614 g/mol. The molecule has 1 aliphatic heterocycles. The maximum absolute atomic E-state index is 3.53. The molecule has 0 saturated carbocycles. The Morgan fingerprint density at radius 1 is 0.814 bits per heavy atom. The average Bonchev–Trinajstić information content (AvgIpc) is 3.67. The Labute approximate surface area is 276 Å². The minimum atomic E-state index is 0. The van der Waals surface area contributed by atoms with E-state index in [9.17, 15) is 0 Å². The second kappa shape index (κ2) is 15.0. The van der Waals surface area contributed by atoms with E-state index in [1.165, 1.54) is 89.7 Å². The molecule has 5 aromatic rings. The van der Waals surface area contributed by atoms with Gasteiger partial charge >= 0.3 is 30.2 Å². The Bertz CT molecular complexity index is 1780. The Hall–Kier alpha value is -3.13. The van der Waals surface area contributed by atoms with Gasteiger partial charge in [0.15, 0.2) is 0 Å². The number of fused-ring (bicyclic) bond motifs is 3. The summed E-state index contributed by atoms with van der Waals surface area (Å²) in [4.78, 5) is 2.39. The van der Waals surface area contributed by atoms with Crippen molar-refractivity contribution in [2.24, 2.45) is 5.92 Å². The van der Waals surface area contributed by atoms with E-state index in [0.29, 0.717) is 12.0 Å². The number of nitrogens with zero attached hydrogens (tertiary/aromatic N) is 1. The zero-order valence-electron chi connectivity index (χ0n) is 26.5. The summed E-state index contributed by atoms with van der Waals surface area (Å²) in [5.41, 5.74) is 10.5. The van der Waals surface area contributed by atoms with E-state index >= 15 is 0 Å². The molecule has 2 radical (unpaired) electrons. The first-order valence-corrected chi connectivity index (χ1v) is 18.4. The van der Waals surface area contributed by atoms with E-state index in [2.05, 4.69) is 162 Å². The van der Waals surface area contributed by atoms with Crippen LogP contribution in [0.15, 0.2) is 126 Å². The number of hydrogen-bond acceptors (Lipinski definition) is 1. The van der Waals surface area contributed by atoms with Crippen LogP contribution in [0.3, 0.4) is 0 Å². The zero-order valence-corrected chi connectivity index (χ0v) is 30.0. The van der Waals surface area contributed by atoms with Crippen molar-refractivity contribution in [3.63, 3.8) is 0 Å². The number of allylic oxidation sites excluding steroid dienone is 3. The quantitative estimate of drug-likeness (QED) is 0.138. The molecule has 0 fully saturated rings. The van der Waals surface area contributed by atoms with Crippen molar-refractivity contribution in [1.29, 1.82) is 0 Å². The first kappa shape index (κ1) is 34.4. The number of para-hydroxylation sites is 1. The van der Waals surface area contributed by atoms with Gasteiger partial charge in [0, 0.05) is 11.7 Å². The molecule has 2 aliphatic rings. The van der Waals surface area contributed by atoms with Crippen molar-refractivity contribution in [2.75, 3.05) is 4.90 Å². The van der Waals surface area contributed by atoms with E-state index in [1.807, 2.05) is 0 Å². The average molecular weight is 655 g/mol. The van der Waals surface area contributed by atoms with Crippen LogP contribution in [0.25, 0.3) is 32.7 Å². The molecule has 1 aliphatic carbocycles. The van der Waals surface area contributed by atoms with Gasteiger partial charge in [-0.15, -0.1) is 63.4 Å². The summed E-state index contributed by atoms with van der Waals surface area (Å²) in [7, 11) is 0. The molecule has 1 unspecified atom stereocenters. The van der Waals surface area contributed by atoms with Crippen LogP contribution in [0, 0.1) is 40.7 Å². The van der Waals surface area contributed by atoms with Crippen molar-refractivity contribution >= 4 is 34.1 Å². The predicted octanol–water partition coefficient (Wildman–Crippen LogP) is 10.6. The van der Waals surface area contributed by atoms with Crippen LogP contribution >= 0.6 is 0 Å². The van der Waals surface area contributed by atoms with E-state index in [-0.39, 0.29) is 14.9 Å². The second-order valence-corrected chi connectivity index (χ2v) is 11.1. The summed E-state index contributed by atoms with van der Waals surface area (Å²) in [5, 5.41) is 5.36. The summed E-state index contributed by atoms with van der Waals surface area (Å²) < 4.78 is 0. The topological polar surface area (TPSA) is 3.24 Å². The monoisotopic (exact) mass is 653 g/mol. The molecule has 1 nitrogen and oxygen atoms in total. The first-order valence-electron chi connectivity index (χ1n) is 14.2. The van der Waals surface area contributed by atoms with Crippen molar-refractivity contribution in [1.82, 2.24) is 0 Å². The van der Waals surface area contributed by atoms with Gasteiger partial charge in [0.1, 0.15) is 0 Å². The summed E-state index contributed by atoms with van der Waals surface area (Å²) in [6, 6.07) is 35.3. The third kappa shape index (κ3) is 7.00. The second-order valence-electron chi connectivity index (χ2n) is 11.1. The third-order valence-corrected chi connectivity index (χ3v) is 7.91.